The highest BCUT2D eigenvalue weighted by molar-refractivity contribution is 5.88. The SMILES string of the molecule is CCc1c(C)nc(OC(=O)c2cc(C)[nH]n2)nc1OCc1ccc(OC)cc1. The van der Waals surface area contributed by atoms with Crippen LogP contribution in [0.1, 0.15) is 39.9 Å². The van der Waals surface area contributed by atoms with Crippen molar-refractivity contribution >= 4 is 5.97 Å². The van der Waals surface area contributed by atoms with E-state index in [0.717, 1.165) is 22.6 Å². The molecule has 2 aromatic heterocycles. The Labute approximate surface area is 162 Å². The minimum atomic E-state index is -0.630. The summed E-state index contributed by atoms with van der Waals surface area (Å²) >= 11 is 0. The molecule has 0 spiro atoms. The van der Waals surface area contributed by atoms with Crippen LogP contribution >= 0.6 is 0 Å². The minimum Gasteiger partial charge on any atom is -0.497 e. The molecule has 0 radical (unpaired) electrons. The van der Waals surface area contributed by atoms with E-state index in [1.807, 2.05) is 38.1 Å². The zero-order valence-electron chi connectivity index (χ0n) is 16.3. The van der Waals surface area contributed by atoms with Gasteiger partial charge in [0, 0.05) is 11.3 Å². The number of ether oxygens (including phenoxy) is 3. The van der Waals surface area contributed by atoms with E-state index in [4.69, 9.17) is 14.2 Å². The third-order valence-corrected chi connectivity index (χ3v) is 4.14. The molecule has 0 aliphatic carbocycles. The van der Waals surface area contributed by atoms with Crippen LogP contribution in [0.5, 0.6) is 17.6 Å². The first-order valence-electron chi connectivity index (χ1n) is 8.87. The minimum absolute atomic E-state index is 0.0647. The zero-order chi connectivity index (χ0) is 20.1. The van der Waals surface area contributed by atoms with Crippen LogP contribution in [0.3, 0.4) is 0 Å². The summed E-state index contributed by atoms with van der Waals surface area (Å²) in [7, 11) is 1.62. The third kappa shape index (κ3) is 4.46. The number of aromatic amines is 1. The molecular weight excluding hydrogens is 360 g/mol. The largest absolute Gasteiger partial charge is 0.497 e. The number of hydrogen-bond donors (Lipinski definition) is 1. The quantitative estimate of drug-likeness (QED) is 0.627. The van der Waals surface area contributed by atoms with Crippen molar-refractivity contribution in [3.63, 3.8) is 0 Å². The Balaban J connectivity index is 1.78. The first-order chi connectivity index (χ1) is 13.5. The lowest BCUT2D eigenvalue weighted by atomic mass is 10.2. The predicted octanol–water partition coefficient (Wildman–Crippen LogP) is 3.19. The molecule has 2 heterocycles. The zero-order valence-corrected chi connectivity index (χ0v) is 16.3. The molecule has 28 heavy (non-hydrogen) atoms. The van der Waals surface area contributed by atoms with Crippen LogP contribution in [0.4, 0.5) is 0 Å². The Morgan fingerprint density at radius 3 is 2.50 bits per heavy atom. The molecule has 0 aliphatic heterocycles. The van der Waals surface area contributed by atoms with Crippen molar-refractivity contribution in [2.24, 2.45) is 0 Å². The van der Waals surface area contributed by atoms with Crippen molar-refractivity contribution in [2.45, 2.75) is 33.8 Å². The summed E-state index contributed by atoms with van der Waals surface area (Å²) in [6.07, 6.45) is 0.691. The molecule has 0 amide bonds. The number of rotatable bonds is 7. The average molecular weight is 382 g/mol. The van der Waals surface area contributed by atoms with Gasteiger partial charge in [0.1, 0.15) is 12.4 Å². The normalized spacial score (nSPS) is 10.6. The number of carbonyl (C=O) groups is 1. The molecule has 8 heteroatoms. The van der Waals surface area contributed by atoms with Crippen molar-refractivity contribution in [2.75, 3.05) is 7.11 Å². The topological polar surface area (TPSA) is 99.2 Å². The second kappa shape index (κ2) is 8.51. The van der Waals surface area contributed by atoms with Crippen LogP contribution in [0, 0.1) is 13.8 Å². The lowest BCUT2D eigenvalue weighted by Gasteiger charge is -2.13. The highest BCUT2D eigenvalue weighted by Crippen LogP contribution is 2.24. The molecule has 3 rings (SSSR count). The molecule has 0 saturated carbocycles. The second-order valence-corrected chi connectivity index (χ2v) is 6.19. The number of aryl methyl sites for hydroxylation is 2. The Kier molecular flexibility index (Phi) is 5.88. The fraction of sp³-hybridized carbons (Fsp3) is 0.300. The number of aromatic nitrogens is 4. The molecule has 0 fully saturated rings. The lowest BCUT2D eigenvalue weighted by molar-refractivity contribution is 0.0711. The second-order valence-electron chi connectivity index (χ2n) is 6.19. The van der Waals surface area contributed by atoms with Crippen LogP contribution in [0.2, 0.25) is 0 Å². The van der Waals surface area contributed by atoms with Crippen LogP contribution in [0.25, 0.3) is 0 Å². The van der Waals surface area contributed by atoms with Gasteiger partial charge in [-0.3, -0.25) is 5.10 Å². The average Bonchev–Trinajstić information content (AvgIpc) is 3.13. The first-order valence-corrected chi connectivity index (χ1v) is 8.87. The van der Waals surface area contributed by atoms with Crippen LogP contribution in [-0.4, -0.2) is 33.2 Å². The maximum absolute atomic E-state index is 12.2. The molecular formula is C20H22N4O4. The van der Waals surface area contributed by atoms with E-state index in [1.54, 1.807) is 20.1 Å². The van der Waals surface area contributed by atoms with Crippen LogP contribution in [-0.2, 0) is 13.0 Å². The standard InChI is InChI=1S/C20H22N4O4/c1-5-16-13(3)21-20(28-19(25)17-10-12(2)23-24-17)22-18(16)27-11-14-6-8-15(26-4)9-7-14/h6-10H,5,11H2,1-4H3,(H,23,24). The molecule has 1 aromatic carbocycles. The number of hydrogen-bond acceptors (Lipinski definition) is 7. The number of nitrogens with one attached hydrogen (secondary N) is 1. The molecule has 0 bridgehead atoms. The lowest BCUT2D eigenvalue weighted by Crippen LogP contribution is -2.13. The number of methoxy groups -OCH3 is 1. The molecule has 0 saturated heterocycles. The van der Waals surface area contributed by atoms with Gasteiger partial charge in [0.15, 0.2) is 5.69 Å². The van der Waals surface area contributed by atoms with E-state index in [9.17, 15) is 4.79 Å². The molecule has 0 atom stereocenters. The molecule has 146 valence electrons. The van der Waals surface area contributed by atoms with Gasteiger partial charge in [0.2, 0.25) is 5.88 Å². The number of nitrogens with zero attached hydrogens (tertiary/aromatic N) is 3. The van der Waals surface area contributed by atoms with E-state index >= 15 is 0 Å². The van der Waals surface area contributed by atoms with Gasteiger partial charge in [-0.15, -0.1) is 0 Å². The van der Waals surface area contributed by atoms with Gasteiger partial charge in [-0.1, -0.05) is 19.1 Å². The van der Waals surface area contributed by atoms with Crippen LogP contribution < -0.4 is 14.2 Å². The summed E-state index contributed by atoms with van der Waals surface area (Å²) in [5.41, 5.74) is 3.45. The maximum Gasteiger partial charge on any atom is 0.366 e. The van der Waals surface area contributed by atoms with Gasteiger partial charge in [-0.05, 0) is 44.0 Å². The highest BCUT2D eigenvalue weighted by Gasteiger charge is 2.18. The number of H-pyrrole nitrogens is 1. The van der Waals surface area contributed by atoms with Gasteiger partial charge in [-0.25, -0.2) is 4.79 Å². The Bertz CT molecular complexity index is 967. The van der Waals surface area contributed by atoms with Gasteiger partial charge in [0.25, 0.3) is 0 Å². The van der Waals surface area contributed by atoms with E-state index in [-0.39, 0.29) is 11.7 Å². The summed E-state index contributed by atoms with van der Waals surface area (Å²) in [5.74, 6) is 0.541. The summed E-state index contributed by atoms with van der Waals surface area (Å²) < 4.78 is 16.3. The molecule has 1 N–H and O–H groups in total. The predicted molar refractivity (Wildman–Crippen MR) is 102 cm³/mol. The van der Waals surface area contributed by atoms with Gasteiger partial charge >= 0.3 is 12.0 Å². The maximum atomic E-state index is 12.2. The summed E-state index contributed by atoms with van der Waals surface area (Å²) in [5, 5.41) is 6.58. The van der Waals surface area contributed by atoms with Crippen molar-refractivity contribution in [1.82, 2.24) is 20.2 Å². The number of carbonyl (C=O) groups excluding carboxylic acids is 1. The van der Waals surface area contributed by atoms with Gasteiger partial charge in [-0.2, -0.15) is 15.1 Å². The van der Waals surface area contributed by atoms with E-state index < -0.39 is 5.97 Å². The van der Waals surface area contributed by atoms with Crippen molar-refractivity contribution in [3.05, 3.63) is 58.5 Å². The van der Waals surface area contributed by atoms with E-state index in [2.05, 4.69) is 20.2 Å². The third-order valence-electron chi connectivity index (χ3n) is 4.14. The Hall–Kier alpha value is -3.42. The fourth-order valence-corrected chi connectivity index (χ4v) is 2.65. The molecule has 0 aliphatic rings. The fourth-order valence-electron chi connectivity index (χ4n) is 2.65. The highest BCUT2D eigenvalue weighted by atomic mass is 16.6. The van der Waals surface area contributed by atoms with E-state index in [1.165, 1.54) is 0 Å². The Morgan fingerprint density at radius 2 is 1.89 bits per heavy atom. The van der Waals surface area contributed by atoms with Gasteiger partial charge < -0.3 is 14.2 Å². The molecule has 3 aromatic rings. The van der Waals surface area contributed by atoms with Crippen molar-refractivity contribution in [3.8, 4) is 17.6 Å². The van der Waals surface area contributed by atoms with Crippen molar-refractivity contribution in [1.29, 1.82) is 0 Å². The van der Waals surface area contributed by atoms with E-state index in [0.29, 0.717) is 24.6 Å². The summed E-state index contributed by atoms with van der Waals surface area (Å²) in [6.45, 7) is 5.94. The summed E-state index contributed by atoms with van der Waals surface area (Å²) in [4.78, 5) is 20.8. The molecule has 8 nitrogen and oxygen atoms in total. The Morgan fingerprint density at radius 1 is 1.14 bits per heavy atom. The van der Waals surface area contributed by atoms with Crippen LogP contribution in [0.15, 0.2) is 30.3 Å². The van der Waals surface area contributed by atoms with Gasteiger partial charge in [0.05, 0.1) is 12.8 Å². The number of esters is 1. The molecule has 0 unspecified atom stereocenters. The number of benzene rings is 1. The smallest absolute Gasteiger partial charge is 0.366 e. The van der Waals surface area contributed by atoms with Crippen molar-refractivity contribution < 1.29 is 19.0 Å². The monoisotopic (exact) mass is 382 g/mol. The first kappa shape index (κ1) is 19.3. The summed E-state index contributed by atoms with van der Waals surface area (Å²) in [6, 6.07) is 9.09.